The molecule has 4 aliphatic heterocycles. The minimum Gasteiger partial charge on any atom is -0.444 e. The highest BCUT2D eigenvalue weighted by Gasteiger charge is 2.54. The molecule has 3 aliphatic carbocycles. The van der Waals surface area contributed by atoms with Crippen molar-refractivity contribution in [1.29, 1.82) is 4.78 Å². The molecule has 0 aromatic carbocycles. The topological polar surface area (TPSA) is 87.2 Å². The molecule has 7 aliphatic rings. The van der Waals surface area contributed by atoms with Crippen LogP contribution < -0.4 is 10.6 Å². The molecule has 7 rings (SSSR count). The standard InChI is InChI=1S/C28H46ClF4N6O2S.C5H11N/c1-41-28-35-18-14-39(19-7-3-5-15-4-2-6-17(29)20(15)19)9-8-16(18)27(36-28)38-12-10-37(11-13-38)25-21(30)23(32)26(42(34)40)24(33)22(25)31;1-6-4-2-3-5-6/h15-28,34-36H,2-14H2,1H3;2-5H2,1H3/q-1;. The van der Waals surface area contributed by atoms with Crippen LogP contribution in [-0.4, -0.2) is 152 Å². The molecule has 4 saturated heterocycles. The van der Waals surface area contributed by atoms with Crippen LogP contribution >= 0.6 is 11.6 Å². The van der Waals surface area contributed by atoms with E-state index in [1.165, 1.54) is 62.9 Å². The molecule has 0 spiro atoms. The van der Waals surface area contributed by atoms with E-state index in [1.54, 1.807) is 7.11 Å². The predicted octanol–water partition coefficient (Wildman–Crippen LogP) is 3.86. The fourth-order valence-corrected chi connectivity index (χ4v) is 11.5. The molecule has 15 heteroatoms. The third-order valence-electron chi connectivity index (χ3n) is 12.7. The van der Waals surface area contributed by atoms with Crippen molar-refractivity contribution in [1.82, 2.24) is 30.2 Å². The highest BCUT2D eigenvalue weighted by atomic mass is 35.5. The smallest absolute Gasteiger partial charge is 0.164 e. The first kappa shape index (κ1) is 37.4. The molecule has 4 heterocycles. The Morgan fingerprint density at radius 1 is 0.771 bits per heavy atom. The Morgan fingerprint density at radius 2 is 1.40 bits per heavy atom. The van der Waals surface area contributed by atoms with Gasteiger partial charge in [-0.05, 0) is 75.9 Å². The molecule has 278 valence electrons. The second-order valence-corrected chi connectivity index (χ2v) is 17.0. The summed E-state index contributed by atoms with van der Waals surface area (Å²) in [7, 11) is 1.09. The minimum atomic E-state index is -2.74. The van der Waals surface area contributed by atoms with Gasteiger partial charge in [-0.3, -0.25) is 25.3 Å². The van der Waals surface area contributed by atoms with Crippen molar-refractivity contribution in [2.24, 2.45) is 17.8 Å². The van der Waals surface area contributed by atoms with Crippen LogP contribution in [0.3, 0.4) is 0 Å². The number of piperazine rings is 1. The SMILES string of the molecule is CN1CCCC1.COC1NC2CN(C3CCCC4CCCC(Cl)C43)CCC2C(N2CCN(C3C(F)C(F)C([S-](=N)=O)C(F)C3F)CC2)N1. The summed E-state index contributed by atoms with van der Waals surface area (Å²) in [6, 6.07) is -0.877. The van der Waals surface area contributed by atoms with Gasteiger partial charge in [-0.25, -0.2) is 17.6 Å². The number of nitrogens with one attached hydrogen (secondary N) is 3. The van der Waals surface area contributed by atoms with Crippen molar-refractivity contribution >= 4 is 22.2 Å². The lowest BCUT2D eigenvalue weighted by Gasteiger charge is -2.56. The van der Waals surface area contributed by atoms with Gasteiger partial charge in [0.15, 0.2) is 6.35 Å². The monoisotopic (exact) mass is 726 g/mol. The van der Waals surface area contributed by atoms with Crippen LogP contribution in [0, 0.1) is 22.5 Å². The fourth-order valence-electron chi connectivity index (χ4n) is 10.2. The molecule has 7 fully saturated rings. The molecular weight excluding hydrogens is 670 g/mol. The lowest BCUT2D eigenvalue weighted by atomic mass is 9.67. The van der Waals surface area contributed by atoms with E-state index < -0.39 is 46.6 Å². The molecule has 9 nitrogen and oxygen atoms in total. The number of nitrogens with zero attached hydrogens (tertiary/aromatic N) is 4. The third kappa shape index (κ3) is 7.86. The van der Waals surface area contributed by atoms with E-state index in [1.807, 2.05) is 0 Å². The average Bonchev–Trinajstić information content (AvgIpc) is 3.58. The van der Waals surface area contributed by atoms with E-state index in [4.69, 9.17) is 21.1 Å². The number of methoxy groups -OCH3 is 1. The van der Waals surface area contributed by atoms with Gasteiger partial charge in [0, 0.05) is 63.2 Å². The van der Waals surface area contributed by atoms with Crippen molar-refractivity contribution in [3.63, 3.8) is 0 Å². The summed E-state index contributed by atoms with van der Waals surface area (Å²) in [5.41, 5.74) is 0. The summed E-state index contributed by atoms with van der Waals surface area (Å²) in [4.78, 5) is 8.80. The van der Waals surface area contributed by atoms with Crippen LogP contribution in [0.1, 0.15) is 57.8 Å². The third-order valence-corrected chi connectivity index (χ3v) is 14.2. The zero-order valence-electron chi connectivity index (χ0n) is 28.5. The van der Waals surface area contributed by atoms with E-state index in [0.29, 0.717) is 31.0 Å². The zero-order valence-corrected chi connectivity index (χ0v) is 30.1. The summed E-state index contributed by atoms with van der Waals surface area (Å²) >= 11 is 6.94. The number of hydrogen-bond acceptors (Lipinski definition) is 10. The Labute approximate surface area is 291 Å². The van der Waals surface area contributed by atoms with Gasteiger partial charge < -0.3 is 18.6 Å². The van der Waals surface area contributed by atoms with Crippen LogP contribution in [0.2, 0.25) is 0 Å². The first-order chi connectivity index (χ1) is 23.1. The highest BCUT2D eigenvalue weighted by Crippen LogP contribution is 2.46. The Kier molecular flexibility index (Phi) is 12.9. The maximum Gasteiger partial charge on any atom is 0.164 e. The van der Waals surface area contributed by atoms with Crippen molar-refractivity contribution in [3.05, 3.63) is 0 Å². The fraction of sp³-hybridized carbons (Fsp3) is 1.00. The number of ether oxygens (including phenoxy) is 1. The molecule has 0 aromatic rings. The van der Waals surface area contributed by atoms with Crippen LogP contribution in [-0.2, 0) is 19.5 Å². The van der Waals surface area contributed by atoms with Crippen LogP contribution in [0.5, 0.6) is 0 Å². The summed E-state index contributed by atoms with van der Waals surface area (Å²) in [6.45, 7) is 6.05. The van der Waals surface area contributed by atoms with Gasteiger partial charge in [0.25, 0.3) is 0 Å². The Hall–Kier alpha value is -0.320. The van der Waals surface area contributed by atoms with Gasteiger partial charge in [-0.2, -0.15) is 10.6 Å². The maximum absolute atomic E-state index is 15.0. The largest absolute Gasteiger partial charge is 0.444 e. The maximum atomic E-state index is 15.0. The lowest BCUT2D eigenvalue weighted by molar-refractivity contribution is -0.109. The molecule has 3 N–H and O–H groups in total. The number of alkyl halides is 5. The van der Waals surface area contributed by atoms with Crippen molar-refractivity contribution in [2.45, 2.75) is 124 Å². The van der Waals surface area contributed by atoms with Gasteiger partial charge in [-0.1, -0.05) is 25.7 Å². The quantitative estimate of drug-likeness (QED) is 0.224. The summed E-state index contributed by atoms with van der Waals surface area (Å²) in [6.07, 6.45) is 1.24. The molecule has 0 bridgehead atoms. The van der Waals surface area contributed by atoms with E-state index in [9.17, 15) is 13.0 Å². The number of likely N-dealkylation sites (tertiary alicyclic amines) is 2. The predicted molar refractivity (Wildman–Crippen MR) is 180 cm³/mol. The van der Waals surface area contributed by atoms with E-state index in [-0.39, 0.29) is 37.0 Å². The van der Waals surface area contributed by atoms with Gasteiger partial charge >= 0.3 is 0 Å². The molecule has 0 radical (unpaired) electrons. The second-order valence-electron chi connectivity index (χ2n) is 15.3. The van der Waals surface area contributed by atoms with Crippen LogP contribution in [0.25, 0.3) is 0 Å². The Balaban J connectivity index is 0.000000604. The van der Waals surface area contributed by atoms with Gasteiger partial charge in [0.1, 0.15) is 24.7 Å². The minimum absolute atomic E-state index is 0.00766. The molecule has 0 amide bonds. The first-order valence-electron chi connectivity index (χ1n) is 18.4. The molecule has 12 unspecified atom stereocenters. The molecule has 48 heavy (non-hydrogen) atoms. The number of hydrogen-bond donors (Lipinski definition) is 3. The van der Waals surface area contributed by atoms with Crippen molar-refractivity contribution in [3.8, 4) is 0 Å². The lowest BCUT2D eigenvalue weighted by Crippen LogP contribution is -2.74. The number of halogens is 5. The van der Waals surface area contributed by atoms with E-state index in [0.717, 1.165) is 31.8 Å². The number of rotatable bonds is 5. The Morgan fingerprint density at radius 3 is 1.98 bits per heavy atom. The van der Waals surface area contributed by atoms with Crippen molar-refractivity contribution in [2.75, 3.05) is 66.5 Å². The second kappa shape index (κ2) is 16.6. The van der Waals surface area contributed by atoms with E-state index >= 15 is 8.78 Å². The Bertz CT molecular complexity index is 1100. The number of piperidine rings is 1. The van der Waals surface area contributed by atoms with Crippen LogP contribution in [0.15, 0.2) is 0 Å². The molecule has 12 atom stereocenters. The first-order valence-corrected chi connectivity index (χ1v) is 20.0. The van der Waals surface area contributed by atoms with Crippen molar-refractivity contribution < 1.29 is 26.5 Å². The van der Waals surface area contributed by atoms with Crippen LogP contribution in [0.4, 0.5) is 17.6 Å². The summed E-state index contributed by atoms with van der Waals surface area (Å²) < 4.78 is 83.8. The average molecular weight is 727 g/mol. The molecule has 3 saturated carbocycles. The normalized spacial score (nSPS) is 46.8. The van der Waals surface area contributed by atoms with E-state index in [2.05, 4.69) is 32.4 Å². The zero-order chi connectivity index (χ0) is 34.1. The summed E-state index contributed by atoms with van der Waals surface area (Å²) in [5, 5.41) is 5.38. The summed E-state index contributed by atoms with van der Waals surface area (Å²) in [5.74, 6) is 1.58. The van der Waals surface area contributed by atoms with Gasteiger partial charge in [0.2, 0.25) is 0 Å². The highest BCUT2D eigenvalue weighted by molar-refractivity contribution is 7.74. The molecular formula is C33H57ClF4N7O2S-. The van der Waals surface area contributed by atoms with Gasteiger partial charge in [-0.15, -0.1) is 11.6 Å². The number of fused-ring (bicyclic) bond motifs is 2. The van der Waals surface area contributed by atoms with Gasteiger partial charge in [0.05, 0.1) is 12.2 Å². The molecule has 0 aromatic heterocycles.